The zero-order valence-electron chi connectivity index (χ0n) is 13.1. The maximum Gasteiger partial charge on any atom is 0.126 e. The van der Waals surface area contributed by atoms with Crippen LogP contribution in [-0.4, -0.2) is 54.1 Å². The van der Waals surface area contributed by atoms with Gasteiger partial charge in [0.05, 0.1) is 5.69 Å². The highest BCUT2D eigenvalue weighted by Crippen LogP contribution is 2.10. The van der Waals surface area contributed by atoms with E-state index >= 15 is 0 Å². The predicted octanol–water partition coefficient (Wildman–Crippen LogP) is 2.29. The zero-order valence-corrected chi connectivity index (χ0v) is 13.1. The van der Waals surface area contributed by atoms with E-state index in [1.807, 2.05) is 6.07 Å². The van der Waals surface area contributed by atoms with Crippen LogP contribution in [-0.2, 0) is 6.54 Å². The van der Waals surface area contributed by atoms with Gasteiger partial charge in [-0.3, -0.25) is 4.90 Å². The monoisotopic (exact) mass is 276 g/mol. The minimum absolute atomic E-state index is 0.764. The quantitative estimate of drug-likeness (QED) is 0.864. The Hall–Kier alpha value is -1.13. The molecule has 0 aromatic carbocycles. The van der Waals surface area contributed by atoms with Crippen molar-refractivity contribution in [2.75, 3.05) is 44.6 Å². The van der Waals surface area contributed by atoms with Gasteiger partial charge in [-0.15, -0.1) is 0 Å². The molecule has 1 N–H and O–H groups in total. The lowest BCUT2D eigenvalue weighted by molar-refractivity contribution is 0.116. The molecule has 0 bridgehead atoms. The first-order chi connectivity index (χ1) is 9.67. The fourth-order valence-electron chi connectivity index (χ4n) is 2.72. The number of rotatable bonds is 6. The SMILES string of the molecule is CCNc1cccc(CN2CCN(CC(C)C)CC2)n1. The number of anilines is 1. The molecule has 0 unspecified atom stereocenters. The second-order valence-corrected chi connectivity index (χ2v) is 6.02. The van der Waals surface area contributed by atoms with Gasteiger partial charge < -0.3 is 10.2 Å². The lowest BCUT2D eigenvalue weighted by Crippen LogP contribution is -2.46. The summed E-state index contributed by atoms with van der Waals surface area (Å²) in [5.74, 6) is 1.75. The summed E-state index contributed by atoms with van der Waals surface area (Å²) in [7, 11) is 0. The van der Waals surface area contributed by atoms with E-state index in [9.17, 15) is 0 Å². The molecule has 0 spiro atoms. The third-order valence-electron chi connectivity index (χ3n) is 3.64. The molecule has 1 aromatic heterocycles. The predicted molar refractivity (Wildman–Crippen MR) is 85.0 cm³/mol. The van der Waals surface area contributed by atoms with Crippen molar-refractivity contribution in [3.63, 3.8) is 0 Å². The highest BCUT2D eigenvalue weighted by molar-refractivity contribution is 5.34. The van der Waals surface area contributed by atoms with E-state index in [1.165, 1.54) is 25.3 Å². The Bertz CT molecular complexity index is 397. The molecule has 1 saturated heterocycles. The summed E-state index contributed by atoms with van der Waals surface area (Å²) in [5.41, 5.74) is 1.17. The fourth-order valence-corrected chi connectivity index (χ4v) is 2.72. The van der Waals surface area contributed by atoms with Crippen LogP contribution in [0.25, 0.3) is 0 Å². The van der Waals surface area contributed by atoms with Gasteiger partial charge in [-0.05, 0) is 25.0 Å². The number of nitrogens with zero attached hydrogens (tertiary/aromatic N) is 3. The van der Waals surface area contributed by atoms with Gasteiger partial charge in [-0.25, -0.2) is 4.98 Å². The Labute approximate surface area is 123 Å². The van der Waals surface area contributed by atoms with Gasteiger partial charge in [0.15, 0.2) is 0 Å². The molecule has 112 valence electrons. The van der Waals surface area contributed by atoms with Crippen LogP contribution in [0, 0.1) is 5.92 Å². The molecule has 1 aliphatic rings. The summed E-state index contributed by atoms with van der Waals surface area (Å²) in [6, 6.07) is 6.25. The van der Waals surface area contributed by atoms with E-state index in [0.29, 0.717) is 0 Å². The van der Waals surface area contributed by atoms with Crippen LogP contribution < -0.4 is 5.32 Å². The van der Waals surface area contributed by atoms with Crippen LogP contribution in [0.2, 0.25) is 0 Å². The summed E-state index contributed by atoms with van der Waals surface area (Å²) in [5, 5.41) is 3.28. The molecular formula is C16H28N4. The van der Waals surface area contributed by atoms with Crippen molar-refractivity contribution >= 4 is 5.82 Å². The third-order valence-corrected chi connectivity index (χ3v) is 3.64. The van der Waals surface area contributed by atoms with E-state index in [0.717, 1.165) is 37.9 Å². The first-order valence-corrected chi connectivity index (χ1v) is 7.82. The van der Waals surface area contributed by atoms with Gasteiger partial charge in [-0.1, -0.05) is 19.9 Å². The number of nitrogens with one attached hydrogen (secondary N) is 1. The van der Waals surface area contributed by atoms with E-state index in [2.05, 4.69) is 53.0 Å². The van der Waals surface area contributed by atoms with Crippen LogP contribution in [0.4, 0.5) is 5.82 Å². The molecule has 1 aliphatic heterocycles. The molecule has 4 nitrogen and oxygen atoms in total. The van der Waals surface area contributed by atoms with Gasteiger partial charge in [0, 0.05) is 45.8 Å². The fraction of sp³-hybridized carbons (Fsp3) is 0.688. The van der Waals surface area contributed by atoms with Crippen molar-refractivity contribution in [3.05, 3.63) is 23.9 Å². The lowest BCUT2D eigenvalue weighted by atomic mass is 10.2. The Morgan fingerprint density at radius 3 is 2.50 bits per heavy atom. The van der Waals surface area contributed by atoms with Crippen LogP contribution >= 0.6 is 0 Å². The van der Waals surface area contributed by atoms with Gasteiger partial charge >= 0.3 is 0 Å². The number of hydrogen-bond donors (Lipinski definition) is 1. The molecule has 0 atom stereocenters. The van der Waals surface area contributed by atoms with Crippen molar-refractivity contribution in [1.82, 2.24) is 14.8 Å². The summed E-state index contributed by atoms with van der Waals surface area (Å²) < 4.78 is 0. The molecular weight excluding hydrogens is 248 g/mol. The lowest BCUT2D eigenvalue weighted by Gasteiger charge is -2.35. The smallest absolute Gasteiger partial charge is 0.126 e. The third kappa shape index (κ3) is 4.76. The minimum Gasteiger partial charge on any atom is -0.370 e. The average Bonchev–Trinajstić information content (AvgIpc) is 2.41. The Kier molecular flexibility index (Phi) is 5.80. The molecule has 2 rings (SSSR count). The summed E-state index contributed by atoms with van der Waals surface area (Å²) >= 11 is 0. The molecule has 1 aromatic rings. The van der Waals surface area contributed by atoms with Gasteiger partial charge in [0.2, 0.25) is 0 Å². The van der Waals surface area contributed by atoms with Crippen LogP contribution in [0.15, 0.2) is 18.2 Å². The number of hydrogen-bond acceptors (Lipinski definition) is 4. The van der Waals surface area contributed by atoms with Crippen molar-refractivity contribution in [2.24, 2.45) is 5.92 Å². The summed E-state index contributed by atoms with van der Waals surface area (Å²) in [6.07, 6.45) is 0. The number of aromatic nitrogens is 1. The maximum absolute atomic E-state index is 4.66. The number of piperazine rings is 1. The van der Waals surface area contributed by atoms with Crippen LogP contribution in [0.3, 0.4) is 0 Å². The largest absolute Gasteiger partial charge is 0.370 e. The molecule has 0 radical (unpaired) electrons. The first-order valence-electron chi connectivity index (χ1n) is 7.82. The van der Waals surface area contributed by atoms with Crippen molar-refractivity contribution in [1.29, 1.82) is 0 Å². The molecule has 0 aliphatic carbocycles. The second kappa shape index (κ2) is 7.60. The zero-order chi connectivity index (χ0) is 14.4. The van der Waals surface area contributed by atoms with Gasteiger partial charge in [0.1, 0.15) is 5.82 Å². The minimum atomic E-state index is 0.764. The standard InChI is InChI=1S/C16H28N4/c1-4-17-16-7-5-6-15(18-16)13-20-10-8-19(9-11-20)12-14(2)3/h5-7,14H,4,8-13H2,1-3H3,(H,17,18). The Balaban J connectivity index is 1.81. The highest BCUT2D eigenvalue weighted by atomic mass is 15.3. The van der Waals surface area contributed by atoms with Crippen molar-refractivity contribution in [3.8, 4) is 0 Å². The van der Waals surface area contributed by atoms with Gasteiger partial charge in [-0.2, -0.15) is 0 Å². The highest BCUT2D eigenvalue weighted by Gasteiger charge is 2.17. The second-order valence-electron chi connectivity index (χ2n) is 6.02. The average molecular weight is 276 g/mol. The Morgan fingerprint density at radius 2 is 1.85 bits per heavy atom. The number of pyridine rings is 1. The van der Waals surface area contributed by atoms with Crippen molar-refractivity contribution < 1.29 is 0 Å². The topological polar surface area (TPSA) is 31.4 Å². The molecule has 0 saturated carbocycles. The van der Waals surface area contributed by atoms with E-state index in [-0.39, 0.29) is 0 Å². The Morgan fingerprint density at radius 1 is 1.15 bits per heavy atom. The first kappa shape index (κ1) is 15.3. The van der Waals surface area contributed by atoms with E-state index in [1.54, 1.807) is 0 Å². The molecule has 20 heavy (non-hydrogen) atoms. The van der Waals surface area contributed by atoms with Crippen molar-refractivity contribution in [2.45, 2.75) is 27.3 Å². The molecule has 2 heterocycles. The van der Waals surface area contributed by atoms with Gasteiger partial charge in [0.25, 0.3) is 0 Å². The normalized spacial score (nSPS) is 17.6. The molecule has 1 fully saturated rings. The van der Waals surface area contributed by atoms with Crippen LogP contribution in [0.1, 0.15) is 26.5 Å². The van der Waals surface area contributed by atoms with Crippen LogP contribution in [0.5, 0.6) is 0 Å². The maximum atomic E-state index is 4.66. The molecule has 0 amide bonds. The van der Waals surface area contributed by atoms with E-state index in [4.69, 9.17) is 0 Å². The van der Waals surface area contributed by atoms with E-state index < -0.39 is 0 Å². The molecule has 4 heteroatoms. The summed E-state index contributed by atoms with van der Waals surface area (Å²) in [6.45, 7) is 14.5. The summed E-state index contributed by atoms with van der Waals surface area (Å²) in [4.78, 5) is 9.74.